The molecule has 0 aromatic heterocycles. The molecule has 2 fully saturated rings. The molecule has 188 valence electrons. The van der Waals surface area contributed by atoms with E-state index in [2.05, 4.69) is 11.4 Å². The highest BCUT2D eigenvalue weighted by Gasteiger charge is 2.43. The average molecular weight is 489 g/mol. The van der Waals surface area contributed by atoms with E-state index >= 15 is 0 Å². The largest absolute Gasteiger partial charge is 0.381 e. The zero-order chi connectivity index (χ0) is 25.3. The number of fused-ring (bicyclic) bond motifs is 2. The highest BCUT2D eigenvalue weighted by Crippen LogP contribution is 2.44. The van der Waals surface area contributed by atoms with Crippen LogP contribution in [0.4, 0.5) is 10.5 Å². The number of likely N-dealkylation sites (tertiary alicyclic amines) is 1. The second kappa shape index (κ2) is 9.92. The summed E-state index contributed by atoms with van der Waals surface area (Å²) in [5.74, 6) is 0.309. The molecule has 1 spiro atoms. The lowest BCUT2D eigenvalue weighted by Gasteiger charge is -2.39. The summed E-state index contributed by atoms with van der Waals surface area (Å²) in [6.07, 6.45) is 2.38. The van der Waals surface area contributed by atoms with E-state index in [9.17, 15) is 14.9 Å². The molecular weight excluding hydrogens is 456 g/mol. The number of nitriles is 1. The van der Waals surface area contributed by atoms with Crippen LogP contribution >= 0.6 is 0 Å². The Hall–Kier alpha value is -3.41. The summed E-state index contributed by atoms with van der Waals surface area (Å²) in [7, 11) is 1.73. The molecular formula is C28H32N4O4. The SMILES string of the molecule is Cc1ccc(C(=O)N2CCC3(CC2)OCc2cc(C#N)ccc23)cc1N(C)C(=O)NCC1CCOC1. The number of nitrogens with one attached hydrogen (secondary N) is 1. The minimum atomic E-state index is -0.388. The molecule has 2 aromatic rings. The normalized spacial score (nSPS) is 20.1. The number of carbonyl (C=O) groups is 2. The predicted octanol–water partition coefficient (Wildman–Crippen LogP) is 3.71. The third kappa shape index (κ3) is 4.57. The fourth-order valence-electron chi connectivity index (χ4n) is 5.50. The number of hydrogen-bond donors (Lipinski definition) is 1. The van der Waals surface area contributed by atoms with Gasteiger partial charge in [0.1, 0.15) is 0 Å². The first kappa shape index (κ1) is 24.3. The van der Waals surface area contributed by atoms with Gasteiger partial charge >= 0.3 is 6.03 Å². The van der Waals surface area contributed by atoms with Crippen LogP contribution in [0.15, 0.2) is 36.4 Å². The first-order valence-corrected chi connectivity index (χ1v) is 12.6. The van der Waals surface area contributed by atoms with Crippen molar-refractivity contribution in [3.05, 3.63) is 64.2 Å². The Balaban J connectivity index is 1.24. The molecule has 1 atom stereocenters. The molecule has 0 aliphatic carbocycles. The summed E-state index contributed by atoms with van der Waals surface area (Å²) in [6, 6.07) is 13.3. The van der Waals surface area contributed by atoms with E-state index < -0.39 is 0 Å². The number of carbonyl (C=O) groups excluding carboxylic acids is 2. The first-order valence-electron chi connectivity index (χ1n) is 12.6. The summed E-state index contributed by atoms with van der Waals surface area (Å²) in [5.41, 5.74) is 4.68. The van der Waals surface area contributed by atoms with Crippen LogP contribution in [0.3, 0.4) is 0 Å². The number of anilines is 1. The molecule has 0 saturated carbocycles. The standard InChI is InChI=1S/C28H32N4O4/c1-19-3-5-22(14-25(19)31(2)27(34)30-16-21-7-12-35-17-21)26(33)32-10-8-28(9-11-32)24-6-4-20(15-29)13-23(24)18-36-28/h3-6,13-14,21H,7-12,16-18H2,1-2H3,(H,30,34). The molecule has 2 saturated heterocycles. The van der Waals surface area contributed by atoms with Crippen molar-refractivity contribution in [2.75, 3.05) is 44.8 Å². The molecule has 3 amide bonds. The number of urea groups is 1. The smallest absolute Gasteiger partial charge is 0.321 e. The van der Waals surface area contributed by atoms with Crippen LogP contribution in [0.5, 0.6) is 0 Å². The van der Waals surface area contributed by atoms with Crippen LogP contribution < -0.4 is 10.2 Å². The second-order valence-electron chi connectivity index (χ2n) is 10.0. The average Bonchev–Trinajstić information content (AvgIpc) is 3.55. The van der Waals surface area contributed by atoms with Crippen molar-refractivity contribution in [3.63, 3.8) is 0 Å². The predicted molar refractivity (Wildman–Crippen MR) is 135 cm³/mol. The van der Waals surface area contributed by atoms with Crippen molar-refractivity contribution in [3.8, 4) is 6.07 Å². The van der Waals surface area contributed by atoms with E-state index in [0.29, 0.717) is 62.7 Å². The van der Waals surface area contributed by atoms with Gasteiger partial charge in [-0.05, 0) is 67.1 Å². The number of aryl methyl sites for hydroxylation is 1. The molecule has 3 heterocycles. The number of hydrogen-bond acceptors (Lipinski definition) is 5. The maximum atomic E-state index is 13.4. The third-order valence-electron chi connectivity index (χ3n) is 7.78. The summed E-state index contributed by atoms with van der Waals surface area (Å²) >= 11 is 0. The van der Waals surface area contributed by atoms with Crippen molar-refractivity contribution in [2.45, 2.75) is 38.4 Å². The van der Waals surface area contributed by atoms with Crippen molar-refractivity contribution in [1.29, 1.82) is 5.26 Å². The molecule has 36 heavy (non-hydrogen) atoms. The lowest BCUT2D eigenvalue weighted by molar-refractivity contribution is -0.0741. The lowest BCUT2D eigenvalue weighted by atomic mass is 9.83. The van der Waals surface area contributed by atoms with Gasteiger partial charge in [0, 0.05) is 50.5 Å². The van der Waals surface area contributed by atoms with Crippen molar-refractivity contribution in [1.82, 2.24) is 10.2 Å². The number of ether oxygens (including phenoxy) is 2. The Labute approximate surface area is 211 Å². The first-order chi connectivity index (χ1) is 17.4. The fraction of sp³-hybridized carbons (Fsp3) is 0.464. The quantitative estimate of drug-likeness (QED) is 0.708. The van der Waals surface area contributed by atoms with Crippen molar-refractivity contribution in [2.24, 2.45) is 5.92 Å². The molecule has 5 rings (SSSR count). The summed E-state index contributed by atoms with van der Waals surface area (Å²) in [4.78, 5) is 29.6. The molecule has 8 nitrogen and oxygen atoms in total. The van der Waals surface area contributed by atoms with Gasteiger partial charge in [-0.1, -0.05) is 12.1 Å². The van der Waals surface area contributed by atoms with Gasteiger partial charge in [-0.15, -0.1) is 0 Å². The highest BCUT2D eigenvalue weighted by molar-refractivity contribution is 5.98. The Morgan fingerprint density at radius 1 is 1.22 bits per heavy atom. The number of piperidine rings is 1. The van der Waals surface area contributed by atoms with Gasteiger partial charge in [0.2, 0.25) is 0 Å². The number of rotatable bonds is 4. The van der Waals surface area contributed by atoms with Gasteiger partial charge in [-0.2, -0.15) is 5.26 Å². The minimum Gasteiger partial charge on any atom is -0.381 e. The fourth-order valence-corrected chi connectivity index (χ4v) is 5.50. The van der Waals surface area contributed by atoms with Crippen LogP contribution in [0, 0.1) is 24.2 Å². The van der Waals surface area contributed by atoms with Crippen molar-refractivity contribution < 1.29 is 19.1 Å². The Bertz CT molecular complexity index is 1210. The Morgan fingerprint density at radius 2 is 2.03 bits per heavy atom. The zero-order valence-corrected chi connectivity index (χ0v) is 20.9. The van der Waals surface area contributed by atoms with Crippen LogP contribution in [-0.2, 0) is 21.7 Å². The van der Waals surface area contributed by atoms with Gasteiger partial charge in [-0.25, -0.2) is 4.79 Å². The number of benzene rings is 2. The number of nitrogens with zero attached hydrogens (tertiary/aromatic N) is 3. The molecule has 3 aliphatic rings. The highest BCUT2D eigenvalue weighted by atomic mass is 16.5. The van der Waals surface area contributed by atoms with Crippen LogP contribution in [0.1, 0.15) is 51.9 Å². The minimum absolute atomic E-state index is 0.0407. The Kier molecular flexibility index (Phi) is 6.69. The van der Waals surface area contributed by atoms with Gasteiger partial charge < -0.3 is 19.7 Å². The van der Waals surface area contributed by atoms with Crippen LogP contribution in [0.2, 0.25) is 0 Å². The maximum absolute atomic E-state index is 13.4. The summed E-state index contributed by atoms with van der Waals surface area (Å²) in [5, 5.41) is 12.2. The lowest BCUT2D eigenvalue weighted by Crippen LogP contribution is -2.45. The van der Waals surface area contributed by atoms with Gasteiger partial charge in [0.25, 0.3) is 5.91 Å². The van der Waals surface area contributed by atoms with Gasteiger partial charge in [0.05, 0.1) is 30.4 Å². The van der Waals surface area contributed by atoms with E-state index in [-0.39, 0.29) is 17.5 Å². The van der Waals surface area contributed by atoms with Gasteiger partial charge in [0.15, 0.2) is 0 Å². The molecule has 0 radical (unpaired) electrons. The molecule has 2 aromatic carbocycles. The Morgan fingerprint density at radius 3 is 2.75 bits per heavy atom. The van der Waals surface area contributed by atoms with E-state index in [0.717, 1.165) is 35.4 Å². The molecule has 0 bridgehead atoms. The number of amides is 3. The van der Waals surface area contributed by atoms with Crippen LogP contribution in [-0.4, -0.2) is 56.7 Å². The monoisotopic (exact) mass is 488 g/mol. The van der Waals surface area contributed by atoms with E-state index in [1.165, 1.54) is 0 Å². The van der Waals surface area contributed by atoms with E-state index in [1.54, 1.807) is 11.9 Å². The van der Waals surface area contributed by atoms with Crippen molar-refractivity contribution >= 4 is 17.6 Å². The molecule has 3 aliphatic heterocycles. The summed E-state index contributed by atoms with van der Waals surface area (Å²) in [6.45, 7) is 5.62. The topological polar surface area (TPSA) is 94.9 Å². The molecule has 1 unspecified atom stereocenters. The van der Waals surface area contributed by atoms with Gasteiger partial charge in [-0.3, -0.25) is 9.69 Å². The third-order valence-corrected chi connectivity index (χ3v) is 7.78. The van der Waals surface area contributed by atoms with E-state index in [1.807, 2.05) is 48.2 Å². The molecule has 1 N–H and O–H groups in total. The second-order valence-corrected chi connectivity index (χ2v) is 10.0. The maximum Gasteiger partial charge on any atom is 0.321 e. The van der Waals surface area contributed by atoms with E-state index in [4.69, 9.17) is 9.47 Å². The molecule has 8 heteroatoms. The summed E-state index contributed by atoms with van der Waals surface area (Å²) < 4.78 is 11.6. The zero-order valence-electron chi connectivity index (χ0n) is 20.9. The van der Waals surface area contributed by atoms with Crippen LogP contribution in [0.25, 0.3) is 0 Å².